The summed E-state index contributed by atoms with van der Waals surface area (Å²) in [5.74, 6) is 0.776. The van der Waals surface area contributed by atoms with Gasteiger partial charge >= 0.3 is 6.18 Å². The summed E-state index contributed by atoms with van der Waals surface area (Å²) in [7, 11) is 1.74. The van der Waals surface area contributed by atoms with Gasteiger partial charge in [-0.1, -0.05) is 6.07 Å². The van der Waals surface area contributed by atoms with Crippen molar-refractivity contribution in [3.05, 3.63) is 63.2 Å². The molecule has 9 heteroatoms. The van der Waals surface area contributed by atoms with Crippen LogP contribution in [0.5, 0.6) is 0 Å². The summed E-state index contributed by atoms with van der Waals surface area (Å²) in [5.41, 5.74) is 0.768. The molecule has 1 aromatic carbocycles. The Morgan fingerprint density at radius 2 is 1.91 bits per heavy atom. The molecule has 0 radical (unpaired) electrons. The van der Waals surface area contributed by atoms with Crippen molar-refractivity contribution >= 4 is 22.3 Å². The van der Waals surface area contributed by atoms with Gasteiger partial charge in [0, 0.05) is 37.3 Å². The summed E-state index contributed by atoms with van der Waals surface area (Å²) in [6, 6.07) is 8.16. The number of rotatable bonds is 4. The summed E-state index contributed by atoms with van der Waals surface area (Å²) in [6.07, 6.45) is -4.57. The minimum Gasteiger partial charge on any atom is -0.377 e. The van der Waals surface area contributed by atoms with Crippen molar-refractivity contribution in [3.63, 3.8) is 0 Å². The molecule has 1 aliphatic heterocycles. The zero-order valence-corrected chi connectivity index (χ0v) is 18.5. The third kappa shape index (κ3) is 4.04. The van der Waals surface area contributed by atoms with E-state index in [0.717, 1.165) is 35.4 Å². The lowest BCUT2D eigenvalue weighted by atomic mass is 9.97. The van der Waals surface area contributed by atoms with Crippen LogP contribution >= 0.6 is 0 Å². The highest BCUT2D eigenvalue weighted by Gasteiger charge is 2.36. The Labute approximate surface area is 184 Å². The van der Waals surface area contributed by atoms with Crippen LogP contribution in [0.15, 0.2) is 35.1 Å². The maximum Gasteiger partial charge on any atom is 0.435 e. The number of hydrogen-bond acceptors (Lipinski definition) is 5. The van der Waals surface area contributed by atoms with Crippen molar-refractivity contribution < 1.29 is 13.2 Å². The summed E-state index contributed by atoms with van der Waals surface area (Å²) in [5, 5.41) is 7.52. The maximum absolute atomic E-state index is 13.6. The van der Waals surface area contributed by atoms with Gasteiger partial charge in [0.05, 0.1) is 12.4 Å². The van der Waals surface area contributed by atoms with E-state index in [2.05, 4.69) is 20.5 Å². The largest absolute Gasteiger partial charge is 0.435 e. The Morgan fingerprint density at radius 3 is 2.56 bits per heavy atom. The summed E-state index contributed by atoms with van der Waals surface area (Å²) in [6.45, 7) is 7.44. The predicted molar refractivity (Wildman–Crippen MR) is 120 cm³/mol. The SMILES string of the molecule is Cc1cc([C@@H](C)Nc2ccc(C)nc2C(F)(F)F)c2cc(N3CCNC3)n(C)c(=O)c2c1. The van der Waals surface area contributed by atoms with Crippen LogP contribution in [-0.2, 0) is 13.2 Å². The lowest BCUT2D eigenvalue weighted by molar-refractivity contribution is -0.140. The van der Waals surface area contributed by atoms with Gasteiger partial charge in [-0.3, -0.25) is 14.7 Å². The van der Waals surface area contributed by atoms with Crippen LogP contribution in [0.1, 0.15) is 35.5 Å². The molecule has 1 saturated heterocycles. The van der Waals surface area contributed by atoms with Crippen molar-refractivity contribution in [3.8, 4) is 0 Å². The molecular weight excluding hydrogens is 419 g/mol. The quantitative estimate of drug-likeness (QED) is 0.633. The fourth-order valence-corrected chi connectivity index (χ4v) is 4.24. The number of aryl methyl sites for hydroxylation is 2. The second-order valence-electron chi connectivity index (χ2n) is 8.32. The van der Waals surface area contributed by atoms with Crippen LogP contribution in [0.2, 0.25) is 0 Å². The van der Waals surface area contributed by atoms with E-state index in [0.29, 0.717) is 17.7 Å². The van der Waals surface area contributed by atoms with E-state index in [-0.39, 0.29) is 11.2 Å². The van der Waals surface area contributed by atoms with Crippen LogP contribution in [0.4, 0.5) is 24.7 Å². The summed E-state index contributed by atoms with van der Waals surface area (Å²) in [4.78, 5) is 18.9. The van der Waals surface area contributed by atoms with Gasteiger partial charge in [-0.25, -0.2) is 4.98 Å². The predicted octanol–water partition coefficient (Wildman–Crippen LogP) is 4.11. The van der Waals surface area contributed by atoms with Crippen LogP contribution in [-0.4, -0.2) is 29.3 Å². The molecule has 0 amide bonds. The van der Waals surface area contributed by atoms with Crippen molar-refractivity contribution in [2.45, 2.75) is 33.0 Å². The molecule has 6 nitrogen and oxygen atoms in total. The number of pyridine rings is 2. The zero-order valence-electron chi connectivity index (χ0n) is 18.5. The average Bonchev–Trinajstić information content (AvgIpc) is 3.25. The number of aromatic nitrogens is 2. The van der Waals surface area contributed by atoms with Gasteiger partial charge < -0.3 is 10.2 Å². The Hall–Kier alpha value is -3.07. The molecule has 2 N–H and O–H groups in total. The number of alkyl halides is 3. The van der Waals surface area contributed by atoms with Gasteiger partial charge in [-0.05, 0) is 61.5 Å². The van der Waals surface area contributed by atoms with E-state index in [1.165, 1.54) is 13.0 Å². The number of hydrogen-bond donors (Lipinski definition) is 2. The first kappa shape index (κ1) is 22.1. The molecule has 1 fully saturated rings. The highest BCUT2D eigenvalue weighted by Crippen LogP contribution is 2.36. The number of fused-ring (bicyclic) bond motifs is 1. The molecule has 0 spiro atoms. The molecular formula is C23H26F3N5O. The Bertz CT molecular complexity index is 1230. The normalized spacial score (nSPS) is 15.4. The van der Waals surface area contributed by atoms with Crippen molar-refractivity contribution in [1.29, 1.82) is 0 Å². The third-order valence-corrected chi connectivity index (χ3v) is 5.84. The van der Waals surface area contributed by atoms with Crippen LogP contribution in [0.25, 0.3) is 10.8 Å². The van der Waals surface area contributed by atoms with Gasteiger partial charge in [-0.2, -0.15) is 13.2 Å². The molecule has 32 heavy (non-hydrogen) atoms. The second kappa shape index (κ2) is 8.12. The molecule has 0 aliphatic carbocycles. The summed E-state index contributed by atoms with van der Waals surface area (Å²) >= 11 is 0. The van der Waals surface area contributed by atoms with Gasteiger partial charge in [0.15, 0.2) is 5.69 Å². The van der Waals surface area contributed by atoms with Gasteiger partial charge in [0.1, 0.15) is 5.82 Å². The van der Waals surface area contributed by atoms with Gasteiger partial charge in [0.25, 0.3) is 5.56 Å². The molecule has 1 atom stereocenters. The lowest BCUT2D eigenvalue weighted by Crippen LogP contribution is -2.29. The van der Waals surface area contributed by atoms with Gasteiger partial charge in [-0.15, -0.1) is 0 Å². The fraction of sp³-hybridized carbons (Fsp3) is 0.391. The molecule has 1 aliphatic rings. The molecule has 0 unspecified atom stereocenters. The topological polar surface area (TPSA) is 62.2 Å². The first-order valence-corrected chi connectivity index (χ1v) is 10.5. The molecule has 3 heterocycles. The van der Waals surface area contributed by atoms with Crippen LogP contribution < -0.4 is 21.1 Å². The Kier molecular flexibility index (Phi) is 5.62. The number of benzene rings is 1. The minimum atomic E-state index is -4.57. The van der Waals surface area contributed by atoms with Crippen molar-refractivity contribution in [2.24, 2.45) is 7.05 Å². The van der Waals surface area contributed by atoms with E-state index in [1.54, 1.807) is 24.6 Å². The summed E-state index contributed by atoms with van der Waals surface area (Å²) < 4.78 is 42.3. The van der Waals surface area contributed by atoms with Gasteiger partial charge in [0.2, 0.25) is 0 Å². The van der Waals surface area contributed by atoms with E-state index < -0.39 is 17.9 Å². The third-order valence-electron chi connectivity index (χ3n) is 5.84. The standard InChI is InChI=1S/C23H26F3N5O/c1-13-9-16(15(3)29-19-6-5-14(2)28-21(19)23(24,25)26)17-11-20(31-8-7-27-12-31)30(4)22(32)18(17)10-13/h5-6,9-11,15,27,29H,7-8,12H2,1-4H3/t15-/m1/s1. The average molecular weight is 445 g/mol. The molecule has 3 aromatic rings. The second-order valence-corrected chi connectivity index (χ2v) is 8.32. The highest BCUT2D eigenvalue weighted by molar-refractivity contribution is 5.89. The van der Waals surface area contributed by atoms with E-state index >= 15 is 0 Å². The van der Waals surface area contributed by atoms with E-state index in [1.807, 2.05) is 25.1 Å². The molecule has 4 rings (SSSR count). The van der Waals surface area contributed by atoms with E-state index in [9.17, 15) is 18.0 Å². The van der Waals surface area contributed by atoms with Crippen molar-refractivity contribution in [2.75, 3.05) is 30.0 Å². The molecule has 0 saturated carbocycles. The first-order valence-electron chi connectivity index (χ1n) is 10.5. The molecule has 0 bridgehead atoms. The highest BCUT2D eigenvalue weighted by atomic mass is 19.4. The fourth-order valence-electron chi connectivity index (χ4n) is 4.24. The minimum absolute atomic E-state index is 0.0851. The number of nitrogens with one attached hydrogen (secondary N) is 2. The Balaban J connectivity index is 1.83. The zero-order chi connectivity index (χ0) is 23.2. The smallest absolute Gasteiger partial charge is 0.377 e. The lowest BCUT2D eigenvalue weighted by Gasteiger charge is -2.24. The number of anilines is 2. The van der Waals surface area contributed by atoms with Crippen LogP contribution in [0, 0.1) is 13.8 Å². The number of nitrogens with zero attached hydrogens (tertiary/aromatic N) is 3. The molecule has 170 valence electrons. The van der Waals surface area contributed by atoms with Crippen LogP contribution in [0.3, 0.4) is 0 Å². The number of halogens is 3. The van der Waals surface area contributed by atoms with E-state index in [4.69, 9.17) is 0 Å². The van der Waals surface area contributed by atoms with Crippen molar-refractivity contribution in [1.82, 2.24) is 14.9 Å². The first-order chi connectivity index (χ1) is 15.1. The Morgan fingerprint density at radius 1 is 1.16 bits per heavy atom. The maximum atomic E-state index is 13.6. The molecule has 2 aromatic heterocycles. The monoisotopic (exact) mass is 445 g/mol.